The van der Waals surface area contributed by atoms with Crippen molar-refractivity contribution in [2.75, 3.05) is 5.48 Å². The lowest BCUT2D eigenvalue weighted by atomic mass is 10.3. The number of aromatic amines is 1. The van der Waals surface area contributed by atoms with Crippen molar-refractivity contribution in [3.8, 4) is 0 Å². The third-order valence-electron chi connectivity index (χ3n) is 1.20. The van der Waals surface area contributed by atoms with Gasteiger partial charge in [0, 0.05) is 11.8 Å². The predicted molar refractivity (Wildman–Crippen MR) is 53.3 cm³/mol. The van der Waals surface area contributed by atoms with Crippen LogP contribution in [0.5, 0.6) is 0 Å². The summed E-state index contributed by atoms with van der Waals surface area (Å²) in [6.45, 7) is 0. The second-order valence-corrected chi connectivity index (χ2v) is 2.64. The lowest BCUT2D eigenvalue weighted by Crippen LogP contribution is -2.12. The number of nitrogens with zero attached hydrogens (tertiary/aromatic N) is 1. The van der Waals surface area contributed by atoms with Crippen LogP contribution in [0.25, 0.3) is 6.08 Å². The molecule has 1 aromatic heterocycles. The summed E-state index contributed by atoms with van der Waals surface area (Å²) in [5, 5.41) is 8.59. The van der Waals surface area contributed by atoms with Crippen LogP contribution in [0, 0.1) is 0 Å². The first-order valence-electron chi connectivity index (χ1n) is 3.04. The number of aromatic nitrogens is 2. The van der Waals surface area contributed by atoms with Crippen molar-refractivity contribution in [3.05, 3.63) is 26.3 Å². The van der Waals surface area contributed by atoms with Crippen LogP contribution < -0.4 is 11.2 Å². The number of rotatable bonds is 2. The molecule has 1 heterocycles. The zero-order valence-electron chi connectivity index (χ0n) is 5.91. The first-order chi connectivity index (χ1) is 5.77. The minimum absolute atomic E-state index is 0.239. The van der Waals surface area contributed by atoms with E-state index >= 15 is 0 Å². The number of nitrogens with one attached hydrogen (secondary N) is 2. The Balaban J connectivity index is 3.19. The highest BCUT2D eigenvalue weighted by atomic mass is 127. The topological polar surface area (TPSA) is 78.0 Å². The van der Waals surface area contributed by atoms with Gasteiger partial charge >= 0.3 is 5.69 Å². The monoisotopic (exact) mass is 279 g/mol. The molecule has 0 unspecified atom stereocenters. The van der Waals surface area contributed by atoms with Crippen molar-refractivity contribution >= 4 is 34.5 Å². The lowest BCUT2D eigenvalue weighted by molar-refractivity contribution is 0.385. The van der Waals surface area contributed by atoms with E-state index in [0.29, 0.717) is 5.56 Å². The lowest BCUT2D eigenvalue weighted by Gasteiger charge is -2.00. The molecule has 0 radical (unpaired) electrons. The van der Waals surface area contributed by atoms with Gasteiger partial charge in [0.1, 0.15) is 5.82 Å². The van der Waals surface area contributed by atoms with E-state index in [1.54, 1.807) is 10.2 Å². The molecule has 0 saturated carbocycles. The molecule has 0 saturated heterocycles. The summed E-state index contributed by atoms with van der Waals surface area (Å²) in [7, 11) is 0. The van der Waals surface area contributed by atoms with Crippen LogP contribution in [-0.4, -0.2) is 15.2 Å². The molecular formula is C6H6IN3O2. The van der Waals surface area contributed by atoms with Gasteiger partial charge in [-0.1, -0.05) is 22.6 Å². The summed E-state index contributed by atoms with van der Waals surface area (Å²) in [4.78, 5) is 16.5. The third-order valence-corrected chi connectivity index (χ3v) is 1.56. The van der Waals surface area contributed by atoms with Crippen molar-refractivity contribution in [2.24, 2.45) is 0 Å². The zero-order chi connectivity index (χ0) is 8.97. The van der Waals surface area contributed by atoms with Gasteiger partial charge in [-0.3, -0.25) is 15.7 Å². The largest absolute Gasteiger partial charge is 0.346 e. The van der Waals surface area contributed by atoms with E-state index in [2.05, 4.69) is 9.97 Å². The molecule has 0 aliphatic carbocycles. The van der Waals surface area contributed by atoms with Gasteiger partial charge in [0.15, 0.2) is 0 Å². The van der Waals surface area contributed by atoms with Crippen LogP contribution in [-0.2, 0) is 0 Å². The quantitative estimate of drug-likeness (QED) is 0.557. The second kappa shape index (κ2) is 4.21. The molecule has 0 aliphatic heterocycles. The van der Waals surface area contributed by atoms with Gasteiger partial charge in [-0.15, -0.1) is 0 Å². The van der Waals surface area contributed by atoms with E-state index in [1.807, 2.05) is 28.1 Å². The molecule has 0 bridgehead atoms. The Bertz CT molecular complexity index is 347. The molecule has 0 spiro atoms. The SMILES string of the molecule is O=c1ncc(C=CI)c(NO)[nH]1. The van der Waals surface area contributed by atoms with Gasteiger partial charge in [-0.25, -0.2) is 9.78 Å². The van der Waals surface area contributed by atoms with Gasteiger partial charge in [-0.05, 0) is 10.2 Å². The van der Waals surface area contributed by atoms with Crippen molar-refractivity contribution in [3.63, 3.8) is 0 Å². The number of hydrogen-bond donors (Lipinski definition) is 3. The third kappa shape index (κ3) is 2.05. The average molecular weight is 279 g/mol. The van der Waals surface area contributed by atoms with Gasteiger partial charge in [0.2, 0.25) is 0 Å². The van der Waals surface area contributed by atoms with Gasteiger partial charge in [0.05, 0.1) is 0 Å². The standard InChI is InChI=1S/C6H6IN3O2/c7-2-1-4-3-8-6(11)9-5(4)10-12/h1-3,12H,(H2,8,9,10,11). The van der Waals surface area contributed by atoms with Crippen LogP contribution in [0.3, 0.4) is 0 Å². The Hall–Kier alpha value is -0.890. The first kappa shape index (κ1) is 9.20. The Morgan fingerprint density at radius 3 is 3.08 bits per heavy atom. The van der Waals surface area contributed by atoms with E-state index < -0.39 is 5.69 Å². The summed E-state index contributed by atoms with van der Waals surface area (Å²) in [6, 6.07) is 0. The molecule has 0 aromatic carbocycles. The molecule has 0 amide bonds. The smallest absolute Gasteiger partial charge is 0.290 e. The number of halogens is 1. The van der Waals surface area contributed by atoms with Crippen LogP contribution in [0.15, 0.2) is 15.1 Å². The van der Waals surface area contributed by atoms with E-state index in [0.717, 1.165) is 0 Å². The average Bonchev–Trinajstić information content (AvgIpc) is 2.08. The molecule has 3 N–H and O–H groups in total. The van der Waals surface area contributed by atoms with E-state index in [1.165, 1.54) is 6.20 Å². The summed E-state index contributed by atoms with van der Waals surface area (Å²) < 4.78 is 1.74. The minimum atomic E-state index is -0.503. The normalized spacial score (nSPS) is 10.5. The Labute approximate surface area is 81.6 Å². The molecule has 0 fully saturated rings. The molecule has 64 valence electrons. The van der Waals surface area contributed by atoms with Crippen LogP contribution in [0.4, 0.5) is 5.82 Å². The molecule has 5 nitrogen and oxygen atoms in total. The van der Waals surface area contributed by atoms with E-state index in [9.17, 15) is 4.79 Å². The molecular weight excluding hydrogens is 273 g/mol. The Morgan fingerprint density at radius 2 is 2.50 bits per heavy atom. The van der Waals surface area contributed by atoms with Gasteiger partial charge < -0.3 is 0 Å². The zero-order valence-corrected chi connectivity index (χ0v) is 8.07. The fourth-order valence-electron chi connectivity index (χ4n) is 0.691. The molecule has 6 heteroatoms. The number of H-pyrrole nitrogens is 1. The fraction of sp³-hybridized carbons (Fsp3) is 0. The highest BCUT2D eigenvalue weighted by molar-refractivity contribution is 14.1. The van der Waals surface area contributed by atoms with E-state index in [4.69, 9.17) is 5.21 Å². The van der Waals surface area contributed by atoms with Crippen LogP contribution in [0.2, 0.25) is 0 Å². The number of anilines is 1. The van der Waals surface area contributed by atoms with Crippen molar-refractivity contribution in [2.45, 2.75) is 0 Å². The maximum atomic E-state index is 10.7. The van der Waals surface area contributed by atoms with Gasteiger partial charge in [0.25, 0.3) is 0 Å². The van der Waals surface area contributed by atoms with Crippen molar-refractivity contribution in [1.29, 1.82) is 0 Å². The highest BCUT2D eigenvalue weighted by Gasteiger charge is 1.98. The van der Waals surface area contributed by atoms with Crippen molar-refractivity contribution < 1.29 is 5.21 Å². The Kier molecular flexibility index (Phi) is 3.23. The maximum Gasteiger partial charge on any atom is 0.346 e. The van der Waals surface area contributed by atoms with Crippen LogP contribution >= 0.6 is 22.6 Å². The first-order valence-corrected chi connectivity index (χ1v) is 4.28. The molecule has 12 heavy (non-hydrogen) atoms. The number of hydrogen-bond acceptors (Lipinski definition) is 4. The minimum Gasteiger partial charge on any atom is -0.290 e. The Morgan fingerprint density at radius 1 is 1.75 bits per heavy atom. The highest BCUT2D eigenvalue weighted by Crippen LogP contribution is 2.10. The molecule has 1 rings (SSSR count). The summed E-state index contributed by atoms with van der Waals surface area (Å²) >= 11 is 2.02. The predicted octanol–water partition coefficient (Wildman–Crippen LogP) is 0.977. The fourth-order valence-corrected chi connectivity index (χ4v) is 1.08. The molecule has 0 atom stereocenters. The second-order valence-electron chi connectivity index (χ2n) is 1.92. The maximum absolute atomic E-state index is 10.7. The van der Waals surface area contributed by atoms with Crippen molar-refractivity contribution in [1.82, 2.24) is 9.97 Å². The summed E-state index contributed by atoms with van der Waals surface area (Å²) in [5.74, 6) is 0.239. The molecule has 0 aliphatic rings. The van der Waals surface area contributed by atoms with Crippen LogP contribution in [0.1, 0.15) is 5.56 Å². The summed E-state index contributed by atoms with van der Waals surface area (Å²) in [6.07, 6.45) is 3.06. The van der Waals surface area contributed by atoms with E-state index in [-0.39, 0.29) is 5.82 Å². The van der Waals surface area contributed by atoms with Gasteiger partial charge in [-0.2, -0.15) is 0 Å². The molecule has 1 aromatic rings. The summed E-state index contributed by atoms with van der Waals surface area (Å²) in [5.41, 5.74) is 1.99.